The standard InChI is InChI=1S/C18H27N3O5S/c1-12-5-6-16(26-3)15(11-12)21(27(4,24)25)13(2)18(23)20-9-7-14(8-10-20)17(19)22/h5-6,11,13-14H,7-10H2,1-4H3,(H2,19,22). The van der Waals surface area contributed by atoms with Gasteiger partial charge in [0, 0.05) is 19.0 Å². The number of amides is 2. The minimum absolute atomic E-state index is 0.243. The largest absolute Gasteiger partial charge is 0.495 e. The van der Waals surface area contributed by atoms with Crippen LogP contribution in [0, 0.1) is 12.8 Å². The van der Waals surface area contributed by atoms with Crippen LogP contribution in [0.15, 0.2) is 18.2 Å². The van der Waals surface area contributed by atoms with E-state index in [1.54, 1.807) is 24.0 Å². The van der Waals surface area contributed by atoms with Crippen molar-refractivity contribution >= 4 is 27.5 Å². The molecular formula is C18H27N3O5S. The van der Waals surface area contributed by atoms with E-state index in [2.05, 4.69) is 0 Å². The van der Waals surface area contributed by atoms with Gasteiger partial charge in [-0.25, -0.2) is 8.42 Å². The highest BCUT2D eigenvalue weighted by Crippen LogP contribution is 2.33. The highest BCUT2D eigenvalue weighted by molar-refractivity contribution is 7.92. The van der Waals surface area contributed by atoms with Crippen molar-refractivity contribution in [3.8, 4) is 5.75 Å². The Morgan fingerprint density at radius 2 is 1.89 bits per heavy atom. The molecule has 1 saturated heterocycles. The third-order valence-electron chi connectivity index (χ3n) is 4.85. The summed E-state index contributed by atoms with van der Waals surface area (Å²) in [7, 11) is -2.29. The predicted molar refractivity (Wildman–Crippen MR) is 103 cm³/mol. The number of benzene rings is 1. The lowest BCUT2D eigenvalue weighted by Crippen LogP contribution is -2.52. The lowest BCUT2D eigenvalue weighted by molar-refractivity contribution is -0.135. The van der Waals surface area contributed by atoms with E-state index in [0.717, 1.165) is 16.1 Å². The Bertz CT molecular complexity index is 816. The number of nitrogens with zero attached hydrogens (tertiary/aromatic N) is 2. The van der Waals surface area contributed by atoms with E-state index in [1.807, 2.05) is 13.0 Å². The number of likely N-dealkylation sites (tertiary alicyclic amines) is 1. The third-order valence-corrected chi connectivity index (χ3v) is 6.07. The maximum atomic E-state index is 13.0. The van der Waals surface area contributed by atoms with Crippen LogP contribution in [0.2, 0.25) is 0 Å². The fourth-order valence-corrected chi connectivity index (χ4v) is 4.56. The molecule has 1 aliphatic heterocycles. The molecule has 0 aliphatic carbocycles. The molecule has 1 aromatic rings. The van der Waals surface area contributed by atoms with Gasteiger partial charge in [-0.1, -0.05) is 6.07 Å². The number of anilines is 1. The predicted octanol–water partition coefficient (Wildman–Crippen LogP) is 0.882. The van der Waals surface area contributed by atoms with Gasteiger partial charge in [0.15, 0.2) is 0 Å². The number of carbonyl (C=O) groups is 2. The second-order valence-electron chi connectivity index (χ2n) is 6.91. The molecule has 8 nitrogen and oxygen atoms in total. The van der Waals surface area contributed by atoms with E-state index in [9.17, 15) is 18.0 Å². The summed E-state index contributed by atoms with van der Waals surface area (Å²) in [6, 6.07) is 4.23. The van der Waals surface area contributed by atoms with Crippen LogP contribution in [0.25, 0.3) is 0 Å². The van der Waals surface area contributed by atoms with Crippen LogP contribution in [-0.2, 0) is 19.6 Å². The van der Waals surface area contributed by atoms with Crippen LogP contribution in [0.5, 0.6) is 5.75 Å². The Balaban J connectivity index is 2.32. The number of hydrogen-bond donors (Lipinski definition) is 1. The lowest BCUT2D eigenvalue weighted by Gasteiger charge is -2.36. The zero-order valence-corrected chi connectivity index (χ0v) is 17.0. The first kappa shape index (κ1) is 21.0. The van der Waals surface area contributed by atoms with Gasteiger partial charge in [0.1, 0.15) is 11.8 Å². The van der Waals surface area contributed by atoms with E-state index < -0.39 is 16.1 Å². The van der Waals surface area contributed by atoms with Gasteiger partial charge >= 0.3 is 0 Å². The van der Waals surface area contributed by atoms with E-state index in [4.69, 9.17) is 10.5 Å². The van der Waals surface area contributed by atoms with Crippen LogP contribution < -0.4 is 14.8 Å². The molecule has 1 unspecified atom stereocenters. The van der Waals surface area contributed by atoms with Gasteiger partial charge in [0.25, 0.3) is 0 Å². The number of carbonyl (C=O) groups excluding carboxylic acids is 2. The molecule has 1 aromatic carbocycles. The molecule has 1 atom stereocenters. The second-order valence-corrected chi connectivity index (χ2v) is 8.77. The lowest BCUT2D eigenvalue weighted by atomic mass is 9.96. The molecule has 9 heteroatoms. The molecule has 1 aliphatic rings. The fourth-order valence-electron chi connectivity index (χ4n) is 3.40. The summed E-state index contributed by atoms with van der Waals surface area (Å²) < 4.78 is 31.4. The van der Waals surface area contributed by atoms with Crippen LogP contribution >= 0.6 is 0 Å². The zero-order chi connectivity index (χ0) is 20.4. The van der Waals surface area contributed by atoms with Gasteiger partial charge in [0.2, 0.25) is 21.8 Å². The average Bonchev–Trinajstić information content (AvgIpc) is 2.60. The van der Waals surface area contributed by atoms with E-state index >= 15 is 0 Å². The Kier molecular flexibility index (Phi) is 6.35. The van der Waals surface area contributed by atoms with Crippen molar-refractivity contribution in [2.45, 2.75) is 32.7 Å². The number of methoxy groups -OCH3 is 1. The van der Waals surface area contributed by atoms with Crippen molar-refractivity contribution in [3.05, 3.63) is 23.8 Å². The van der Waals surface area contributed by atoms with Gasteiger partial charge < -0.3 is 15.4 Å². The molecular weight excluding hydrogens is 370 g/mol. The second kappa shape index (κ2) is 8.16. The summed E-state index contributed by atoms with van der Waals surface area (Å²) in [6.07, 6.45) is 2.04. The van der Waals surface area contributed by atoms with Crippen LogP contribution in [0.1, 0.15) is 25.3 Å². The normalized spacial score (nSPS) is 16.7. The molecule has 2 amide bonds. The van der Waals surface area contributed by atoms with Gasteiger partial charge in [-0.3, -0.25) is 13.9 Å². The van der Waals surface area contributed by atoms with Gasteiger partial charge in [-0.15, -0.1) is 0 Å². The molecule has 0 aromatic heterocycles. The summed E-state index contributed by atoms with van der Waals surface area (Å²) in [5.41, 5.74) is 6.51. The molecule has 1 heterocycles. The van der Waals surface area contributed by atoms with Gasteiger partial charge in [-0.2, -0.15) is 0 Å². The number of aryl methyl sites for hydroxylation is 1. The first-order valence-electron chi connectivity index (χ1n) is 8.78. The summed E-state index contributed by atoms with van der Waals surface area (Å²) in [6.45, 7) is 4.15. The molecule has 0 radical (unpaired) electrons. The van der Waals surface area contributed by atoms with Crippen LogP contribution in [0.4, 0.5) is 5.69 Å². The average molecular weight is 397 g/mol. The van der Waals surface area contributed by atoms with Crippen molar-refractivity contribution in [1.82, 2.24) is 4.90 Å². The minimum Gasteiger partial charge on any atom is -0.495 e. The highest BCUT2D eigenvalue weighted by Gasteiger charge is 2.35. The Morgan fingerprint density at radius 1 is 1.30 bits per heavy atom. The number of primary amides is 1. The molecule has 2 N–H and O–H groups in total. The molecule has 0 saturated carbocycles. The molecule has 27 heavy (non-hydrogen) atoms. The number of hydrogen-bond acceptors (Lipinski definition) is 5. The van der Waals surface area contributed by atoms with E-state index in [-0.39, 0.29) is 17.7 Å². The molecule has 1 fully saturated rings. The SMILES string of the molecule is COc1ccc(C)cc1N(C(C)C(=O)N1CCC(C(N)=O)CC1)S(C)(=O)=O. The number of ether oxygens (including phenoxy) is 1. The Labute approximate surface area is 160 Å². The van der Waals surface area contributed by atoms with Gasteiger partial charge in [0.05, 0.1) is 19.1 Å². The molecule has 150 valence electrons. The maximum absolute atomic E-state index is 13.0. The number of sulfonamides is 1. The van der Waals surface area contributed by atoms with Crippen molar-refractivity contribution < 1.29 is 22.7 Å². The van der Waals surface area contributed by atoms with Crippen molar-refractivity contribution in [3.63, 3.8) is 0 Å². The van der Waals surface area contributed by atoms with Crippen LogP contribution in [-0.4, -0.2) is 57.6 Å². The number of piperidine rings is 1. The Morgan fingerprint density at radius 3 is 2.37 bits per heavy atom. The Hall–Kier alpha value is -2.29. The fraction of sp³-hybridized carbons (Fsp3) is 0.556. The molecule has 0 spiro atoms. The number of rotatable bonds is 6. The number of nitrogens with two attached hydrogens (primary N) is 1. The monoisotopic (exact) mass is 397 g/mol. The third kappa shape index (κ3) is 4.71. The van der Waals surface area contributed by atoms with Crippen molar-refractivity contribution in [2.75, 3.05) is 30.8 Å². The molecule has 2 rings (SSSR count). The van der Waals surface area contributed by atoms with Gasteiger partial charge in [-0.05, 0) is 44.4 Å². The summed E-state index contributed by atoms with van der Waals surface area (Å²) in [5.74, 6) is -0.547. The summed E-state index contributed by atoms with van der Waals surface area (Å²) in [4.78, 5) is 25.9. The van der Waals surface area contributed by atoms with Crippen molar-refractivity contribution in [2.24, 2.45) is 11.7 Å². The maximum Gasteiger partial charge on any atom is 0.246 e. The summed E-state index contributed by atoms with van der Waals surface area (Å²) >= 11 is 0. The van der Waals surface area contributed by atoms with E-state index in [1.165, 1.54) is 7.11 Å². The molecule has 0 bridgehead atoms. The first-order chi connectivity index (χ1) is 12.6. The van der Waals surface area contributed by atoms with E-state index in [0.29, 0.717) is 37.4 Å². The zero-order valence-electron chi connectivity index (χ0n) is 16.1. The van der Waals surface area contributed by atoms with Crippen LogP contribution in [0.3, 0.4) is 0 Å². The highest BCUT2D eigenvalue weighted by atomic mass is 32.2. The smallest absolute Gasteiger partial charge is 0.246 e. The quantitative estimate of drug-likeness (QED) is 0.766. The first-order valence-corrected chi connectivity index (χ1v) is 10.6. The summed E-state index contributed by atoms with van der Waals surface area (Å²) in [5, 5.41) is 0. The topological polar surface area (TPSA) is 110 Å². The van der Waals surface area contributed by atoms with Crippen molar-refractivity contribution in [1.29, 1.82) is 0 Å². The minimum atomic E-state index is -3.74.